The van der Waals surface area contributed by atoms with E-state index < -0.39 is 39.2 Å². The van der Waals surface area contributed by atoms with Gasteiger partial charge in [0.15, 0.2) is 8.32 Å². The van der Waals surface area contributed by atoms with Crippen molar-refractivity contribution in [3.8, 4) is 0 Å². The van der Waals surface area contributed by atoms with Crippen LogP contribution in [-0.4, -0.2) is 79.5 Å². The van der Waals surface area contributed by atoms with Crippen molar-refractivity contribution in [1.29, 1.82) is 0 Å². The highest BCUT2D eigenvalue weighted by atomic mass is 28.4. The molecule has 0 aliphatic carbocycles. The molecule has 0 saturated carbocycles. The summed E-state index contributed by atoms with van der Waals surface area (Å²) in [6.45, 7) is 28.0. The van der Waals surface area contributed by atoms with Crippen LogP contribution < -0.4 is 0 Å². The molecule has 0 amide bonds. The lowest BCUT2D eigenvalue weighted by Gasteiger charge is -2.52. The zero-order chi connectivity index (χ0) is 27.9. The number of rotatable bonds is 18. The van der Waals surface area contributed by atoms with Crippen molar-refractivity contribution in [3.63, 3.8) is 0 Å². The van der Waals surface area contributed by atoms with Crippen molar-refractivity contribution >= 4 is 34.0 Å². The summed E-state index contributed by atoms with van der Waals surface area (Å²) in [6, 6.07) is 0. The van der Waals surface area contributed by atoms with Gasteiger partial charge in [-0.1, -0.05) is 33.4 Å². The van der Waals surface area contributed by atoms with Crippen molar-refractivity contribution in [2.75, 3.05) is 28.4 Å². The SMILES string of the molecule is C=C[Si](C)(OC(CC)C(C)(CC)[Si](C)(C)OC(CC)[Si](C)(OC)OC)C(C)(C)O[Si](C)(OC)OC. The lowest BCUT2D eigenvalue weighted by Crippen LogP contribution is -2.64. The summed E-state index contributed by atoms with van der Waals surface area (Å²) in [5.41, 5.74) is 1.93. The highest BCUT2D eigenvalue weighted by Crippen LogP contribution is 2.50. The Morgan fingerprint density at radius 3 is 1.57 bits per heavy atom. The standard InChI is InChI=1S/C24H56O7Si4/c1-17-21(29-33(14,20-4)23(5,6)31-35(16,27-10)28-11)24(7,19-3)32(12,13)30-22(18-2)34(15,25-8)26-9/h20-22H,4,17-19H2,1-3,5-16H3. The highest BCUT2D eigenvalue weighted by Gasteiger charge is 2.57. The molecule has 0 heterocycles. The first-order valence-corrected chi connectivity index (χ1v) is 22.8. The summed E-state index contributed by atoms with van der Waals surface area (Å²) >= 11 is 0. The Bertz CT molecular complexity index is 656. The van der Waals surface area contributed by atoms with Gasteiger partial charge in [-0.3, -0.25) is 0 Å². The van der Waals surface area contributed by atoms with Gasteiger partial charge in [-0.05, 0) is 59.3 Å². The Kier molecular flexibility index (Phi) is 13.5. The predicted molar refractivity (Wildman–Crippen MR) is 155 cm³/mol. The van der Waals surface area contributed by atoms with Gasteiger partial charge in [0, 0.05) is 40.0 Å². The van der Waals surface area contributed by atoms with E-state index in [1.807, 2.05) is 12.2 Å². The summed E-state index contributed by atoms with van der Waals surface area (Å²) in [7, 11) is -3.52. The fraction of sp³-hybridized carbons (Fsp3) is 0.917. The third-order valence-electron chi connectivity index (χ3n) is 8.55. The second-order valence-electron chi connectivity index (χ2n) is 10.9. The molecule has 4 atom stereocenters. The van der Waals surface area contributed by atoms with E-state index in [4.69, 9.17) is 31.0 Å². The lowest BCUT2D eigenvalue weighted by atomic mass is 9.98. The fourth-order valence-corrected chi connectivity index (χ4v) is 15.4. The van der Waals surface area contributed by atoms with Crippen LogP contribution in [0.3, 0.4) is 0 Å². The zero-order valence-electron chi connectivity index (χ0n) is 25.4. The quantitative estimate of drug-likeness (QED) is 0.178. The molecule has 0 aliphatic heterocycles. The Morgan fingerprint density at radius 2 is 1.26 bits per heavy atom. The molecule has 0 spiro atoms. The van der Waals surface area contributed by atoms with E-state index in [-0.39, 0.29) is 16.9 Å². The molecule has 0 aromatic carbocycles. The van der Waals surface area contributed by atoms with Crippen molar-refractivity contribution in [2.24, 2.45) is 0 Å². The monoisotopic (exact) mass is 568 g/mol. The van der Waals surface area contributed by atoms with E-state index in [1.54, 1.807) is 28.4 Å². The highest BCUT2D eigenvalue weighted by molar-refractivity contribution is 6.81. The molecule has 210 valence electrons. The maximum Gasteiger partial charge on any atom is 0.497 e. The molecule has 0 radical (unpaired) electrons. The van der Waals surface area contributed by atoms with E-state index in [9.17, 15) is 0 Å². The summed E-state index contributed by atoms with van der Waals surface area (Å²) < 4.78 is 43.7. The molecule has 0 bridgehead atoms. The molecular formula is C24H56O7Si4. The van der Waals surface area contributed by atoms with Crippen LogP contribution in [-0.2, 0) is 31.0 Å². The van der Waals surface area contributed by atoms with Crippen molar-refractivity contribution in [1.82, 2.24) is 0 Å². The van der Waals surface area contributed by atoms with Gasteiger partial charge in [0.2, 0.25) is 8.32 Å². The van der Waals surface area contributed by atoms with E-state index in [1.165, 1.54) is 0 Å². The third kappa shape index (κ3) is 7.68. The number of hydrogen-bond donors (Lipinski definition) is 0. The van der Waals surface area contributed by atoms with Gasteiger partial charge >= 0.3 is 17.4 Å². The van der Waals surface area contributed by atoms with E-state index in [2.05, 4.69) is 74.3 Å². The maximum absolute atomic E-state index is 7.14. The summed E-state index contributed by atoms with van der Waals surface area (Å²) in [5, 5.41) is -0.775. The van der Waals surface area contributed by atoms with Gasteiger partial charge in [-0.2, -0.15) is 0 Å². The van der Waals surface area contributed by atoms with Gasteiger partial charge < -0.3 is 31.0 Å². The minimum Gasteiger partial charge on any atom is -0.412 e. The van der Waals surface area contributed by atoms with Crippen LogP contribution in [0.1, 0.15) is 60.8 Å². The first-order valence-electron chi connectivity index (χ1n) is 12.8. The van der Waals surface area contributed by atoms with Crippen molar-refractivity contribution < 1.29 is 31.0 Å². The van der Waals surface area contributed by atoms with E-state index in [0.717, 1.165) is 19.3 Å². The Hall–Kier alpha value is 0.328. The van der Waals surface area contributed by atoms with Crippen molar-refractivity contribution in [3.05, 3.63) is 12.3 Å². The molecule has 4 unspecified atom stereocenters. The molecule has 0 N–H and O–H groups in total. The van der Waals surface area contributed by atoms with E-state index in [0.29, 0.717) is 0 Å². The molecule has 0 saturated heterocycles. The molecule has 35 heavy (non-hydrogen) atoms. The summed E-state index contributed by atoms with van der Waals surface area (Å²) in [4.78, 5) is 0. The predicted octanol–water partition coefficient (Wildman–Crippen LogP) is 6.35. The minimum absolute atomic E-state index is 0.0276. The number of hydrogen-bond acceptors (Lipinski definition) is 7. The van der Waals surface area contributed by atoms with Crippen LogP contribution in [0.15, 0.2) is 12.3 Å². The summed E-state index contributed by atoms with van der Waals surface area (Å²) in [6.07, 6.45) is 2.61. The van der Waals surface area contributed by atoms with Gasteiger partial charge in [-0.25, -0.2) is 0 Å². The molecule has 0 fully saturated rings. The normalized spacial score (nSPS) is 19.1. The Morgan fingerprint density at radius 1 is 0.771 bits per heavy atom. The van der Waals surface area contributed by atoms with Crippen LogP contribution in [0.4, 0.5) is 0 Å². The average molecular weight is 569 g/mol. The van der Waals surface area contributed by atoms with Crippen molar-refractivity contribution in [2.45, 2.75) is 116 Å². The first-order chi connectivity index (χ1) is 15.9. The van der Waals surface area contributed by atoms with Crippen LogP contribution in [0, 0.1) is 0 Å². The Labute approximate surface area is 221 Å². The molecule has 0 aromatic heterocycles. The zero-order valence-corrected chi connectivity index (χ0v) is 29.4. The Balaban J connectivity index is 6.31. The third-order valence-corrected chi connectivity index (χ3v) is 23.0. The molecule has 11 heteroatoms. The van der Waals surface area contributed by atoms with E-state index >= 15 is 0 Å². The van der Waals surface area contributed by atoms with Crippen LogP contribution >= 0.6 is 0 Å². The lowest BCUT2D eigenvalue weighted by molar-refractivity contribution is 0.0248. The second kappa shape index (κ2) is 13.4. The topological polar surface area (TPSA) is 64.6 Å². The van der Waals surface area contributed by atoms with Gasteiger partial charge in [0.25, 0.3) is 0 Å². The van der Waals surface area contributed by atoms with Crippen LogP contribution in [0.2, 0.25) is 37.8 Å². The molecule has 0 aliphatic rings. The molecular weight excluding hydrogens is 513 g/mol. The smallest absolute Gasteiger partial charge is 0.412 e. The fourth-order valence-electron chi connectivity index (χ4n) is 4.57. The van der Waals surface area contributed by atoms with Gasteiger partial charge in [0.05, 0.1) is 17.1 Å². The first kappa shape index (κ1) is 35.3. The van der Waals surface area contributed by atoms with Crippen LogP contribution in [0.5, 0.6) is 0 Å². The largest absolute Gasteiger partial charge is 0.497 e. The van der Waals surface area contributed by atoms with Crippen LogP contribution in [0.25, 0.3) is 0 Å². The molecule has 7 nitrogen and oxygen atoms in total. The molecule has 0 aromatic rings. The molecule has 0 rings (SSSR count). The maximum atomic E-state index is 7.14. The van der Waals surface area contributed by atoms with Gasteiger partial charge in [-0.15, -0.1) is 6.58 Å². The minimum atomic E-state index is -2.80. The van der Waals surface area contributed by atoms with Gasteiger partial charge in [0.1, 0.15) is 0 Å². The average Bonchev–Trinajstić information content (AvgIpc) is 2.83. The summed E-state index contributed by atoms with van der Waals surface area (Å²) in [5.74, 6) is 0. The second-order valence-corrected chi connectivity index (χ2v) is 25.6.